The lowest BCUT2D eigenvalue weighted by Crippen LogP contribution is -2.36. The third kappa shape index (κ3) is 4.72. The van der Waals surface area contributed by atoms with E-state index in [2.05, 4.69) is 21.8 Å². The minimum Gasteiger partial charge on any atom is -0.327 e. The van der Waals surface area contributed by atoms with Crippen LogP contribution in [0.4, 0.5) is 0 Å². The molecule has 0 spiro atoms. The Bertz CT molecular complexity index is 445. The zero-order valence-electron chi connectivity index (χ0n) is 11.9. The highest BCUT2D eigenvalue weighted by Gasteiger charge is 2.12. The number of rotatable bonds is 7. The zero-order valence-corrected chi connectivity index (χ0v) is 11.9. The second kappa shape index (κ2) is 7.72. The van der Waals surface area contributed by atoms with Crippen LogP contribution in [0.15, 0.2) is 48.8 Å². The van der Waals surface area contributed by atoms with Crippen LogP contribution >= 0.6 is 0 Å². The van der Waals surface area contributed by atoms with E-state index in [-0.39, 0.29) is 6.04 Å². The highest BCUT2D eigenvalue weighted by Crippen LogP contribution is 2.08. The molecular formula is C16H22N4. The van der Waals surface area contributed by atoms with Gasteiger partial charge in [0.25, 0.3) is 0 Å². The number of pyridine rings is 2. The Hall–Kier alpha value is -1.78. The van der Waals surface area contributed by atoms with Gasteiger partial charge in [-0.2, -0.15) is 0 Å². The summed E-state index contributed by atoms with van der Waals surface area (Å²) in [6, 6.07) is 12.2. The highest BCUT2D eigenvalue weighted by atomic mass is 15.1. The molecule has 1 atom stereocenters. The van der Waals surface area contributed by atoms with E-state index in [1.165, 1.54) is 0 Å². The third-order valence-electron chi connectivity index (χ3n) is 3.24. The molecule has 0 radical (unpaired) electrons. The molecule has 4 heteroatoms. The Balaban J connectivity index is 2.04. The maximum Gasteiger partial charge on any atom is 0.0544 e. The Labute approximate surface area is 120 Å². The lowest BCUT2D eigenvalue weighted by atomic mass is 10.2. The second-order valence-electron chi connectivity index (χ2n) is 4.98. The summed E-state index contributed by atoms with van der Waals surface area (Å²) in [6.07, 6.45) is 4.63. The SMILES string of the molecule is CC[C@@H](N)CN(Cc1ccccn1)Cc1ccccn1. The monoisotopic (exact) mass is 270 g/mol. The molecule has 4 nitrogen and oxygen atoms in total. The van der Waals surface area contributed by atoms with Gasteiger partial charge in [0.15, 0.2) is 0 Å². The molecule has 2 rings (SSSR count). The van der Waals surface area contributed by atoms with Crippen molar-refractivity contribution in [3.05, 3.63) is 60.2 Å². The molecule has 0 aliphatic carbocycles. The van der Waals surface area contributed by atoms with Crippen LogP contribution in [0.1, 0.15) is 24.7 Å². The van der Waals surface area contributed by atoms with Crippen LogP contribution in [0.25, 0.3) is 0 Å². The molecule has 0 aliphatic rings. The van der Waals surface area contributed by atoms with Crippen LogP contribution < -0.4 is 5.73 Å². The lowest BCUT2D eigenvalue weighted by molar-refractivity contribution is 0.232. The van der Waals surface area contributed by atoms with E-state index in [1.54, 1.807) is 0 Å². The highest BCUT2D eigenvalue weighted by molar-refractivity contribution is 5.06. The lowest BCUT2D eigenvalue weighted by Gasteiger charge is -2.24. The Kier molecular flexibility index (Phi) is 5.65. The average Bonchev–Trinajstić information content (AvgIpc) is 2.49. The maximum absolute atomic E-state index is 6.10. The maximum atomic E-state index is 6.10. The second-order valence-corrected chi connectivity index (χ2v) is 4.98. The zero-order chi connectivity index (χ0) is 14.2. The van der Waals surface area contributed by atoms with Gasteiger partial charge in [-0.25, -0.2) is 0 Å². The molecule has 2 aromatic rings. The van der Waals surface area contributed by atoms with Crippen molar-refractivity contribution in [3.63, 3.8) is 0 Å². The molecule has 2 aromatic heterocycles. The molecule has 0 bridgehead atoms. The molecule has 106 valence electrons. The van der Waals surface area contributed by atoms with E-state index < -0.39 is 0 Å². The molecule has 0 unspecified atom stereocenters. The number of nitrogens with zero attached hydrogens (tertiary/aromatic N) is 3. The van der Waals surface area contributed by atoms with E-state index in [0.29, 0.717) is 0 Å². The Morgan fingerprint density at radius 1 is 1.00 bits per heavy atom. The first kappa shape index (κ1) is 14.6. The molecule has 0 aromatic carbocycles. The fourth-order valence-electron chi connectivity index (χ4n) is 2.09. The number of nitrogens with two attached hydrogens (primary N) is 1. The Morgan fingerprint density at radius 3 is 1.95 bits per heavy atom. The molecule has 0 saturated carbocycles. The van der Waals surface area contributed by atoms with Gasteiger partial charge in [-0.3, -0.25) is 14.9 Å². The van der Waals surface area contributed by atoms with Gasteiger partial charge in [0.2, 0.25) is 0 Å². The van der Waals surface area contributed by atoms with Gasteiger partial charge in [0, 0.05) is 38.1 Å². The van der Waals surface area contributed by atoms with Crippen LogP contribution in [-0.2, 0) is 13.1 Å². The summed E-state index contributed by atoms with van der Waals surface area (Å²) in [5.41, 5.74) is 8.22. The topological polar surface area (TPSA) is 55.0 Å². The minimum absolute atomic E-state index is 0.183. The average molecular weight is 270 g/mol. The molecule has 2 heterocycles. The van der Waals surface area contributed by atoms with Gasteiger partial charge < -0.3 is 5.73 Å². The number of aromatic nitrogens is 2. The van der Waals surface area contributed by atoms with Gasteiger partial charge in [-0.05, 0) is 30.7 Å². The standard InChI is InChI=1S/C16H22N4/c1-2-14(17)11-20(12-15-7-3-5-9-18-15)13-16-8-4-6-10-19-16/h3-10,14H,2,11-13,17H2,1H3/t14-/m1/s1. The fourth-order valence-corrected chi connectivity index (χ4v) is 2.09. The molecule has 0 saturated heterocycles. The van der Waals surface area contributed by atoms with Crippen molar-refractivity contribution in [2.24, 2.45) is 5.73 Å². The molecular weight excluding hydrogens is 248 g/mol. The number of hydrogen-bond acceptors (Lipinski definition) is 4. The van der Waals surface area contributed by atoms with Gasteiger partial charge in [-0.1, -0.05) is 19.1 Å². The smallest absolute Gasteiger partial charge is 0.0544 e. The van der Waals surface area contributed by atoms with Gasteiger partial charge in [-0.15, -0.1) is 0 Å². The summed E-state index contributed by atoms with van der Waals surface area (Å²) in [5.74, 6) is 0. The predicted molar refractivity (Wildman–Crippen MR) is 80.9 cm³/mol. The first-order valence-corrected chi connectivity index (χ1v) is 7.05. The van der Waals surface area contributed by atoms with Gasteiger partial charge >= 0.3 is 0 Å². The van der Waals surface area contributed by atoms with Gasteiger partial charge in [0.1, 0.15) is 0 Å². The fraction of sp³-hybridized carbons (Fsp3) is 0.375. The molecule has 0 fully saturated rings. The summed E-state index contributed by atoms with van der Waals surface area (Å²) in [6.45, 7) is 4.56. The van der Waals surface area contributed by atoms with Crippen LogP contribution in [0.5, 0.6) is 0 Å². The predicted octanol–water partition coefficient (Wildman–Crippen LogP) is 2.22. The summed E-state index contributed by atoms with van der Waals surface area (Å²) in [4.78, 5) is 11.1. The molecule has 0 aliphatic heterocycles. The van der Waals surface area contributed by atoms with E-state index in [4.69, 9.17) is 5.73 Å². The summed E-state index contributed by atoms with van der Waals surface area (Å²) in [7, 11) is 0. The quantitative estimate of drug-likeness (QED) is 0.838. The van der Waals surface area contributed by atoms with E-state index in [0.717, 1.165) is 37.4 Å². The molecule has 2 N–H and O–H groups in total. The first-order valence-electron chi connectivity index (χ1n) is 7.05. The normalized spacial score (nSPS) is 12.6. The number of hydrogen-bond donors (Lipinski definition) is 1. The van der Waals surface area contributed by atoms with E-state index >= 15 is 0 Å². The van der Waals surface area contributed by atoms with Crippen LogP contribution in [0.3, 0.4) is 0 Å². The van der Waals surface area contributed by atoms with Crippen molar-refractivity contribution >= 4 is 0 Å². The minimum atomic E-state index is 0.183. The summed E-state index contributed by atoms with van der Waals surface area (Å²) >= 11 is 0. The van der Waals surface area contributed by atoms with Crippen LogP contribution in [0.2, 0.25) is 0 Å². The Morgan fingerprint density at radius 2 is 1.55 bits per heavy atom. The van der Waals surface area contributed by atoms with Crippen molar-refractivity contribution in [3.8, 4) is 0 Å². The third-order valence-corrected chi connectivity index (χ3v) is 3.24. The summed E-state index contributed by atoms with van der Waals surface area (Å²) in [5, 5.41) is 0. The van der Waals surface area contributed by atoms with Crippen LogP contribution in [-0.4, -0.2) is 27.5 Å². The molecule has 20 heavy (non-hydrogen) atoms. The van der Waals surface area contributed by atoms with E-state index in [1.807, 2.05) is 48.8 Å². The summed E-state index contributed by atoms with van der Waals surface area (Å²) < 4.78 is 0. The van der Waals surface area contributed by atoms with Crippen molar-refractivity contribution in [2.45, 2.75) is 32.5 Å². The van der Waals surface area contributed by atoms with Gasteiger partial charge in [0.05, 0.1) is 11.4 Å². The van der Waals surface area contributed by atoms with Crippen molar-refractivity contribution < 1.29 is 0 Å². The van der Waals surface area contributed by atoms with Crippen molar-refractivity contribution in [1.29, 1.82) is 0 Å². The van der Waals surface area contributed by atoms with Crippen LogP contribution in [0, 0.1) is 0 Å². The molecule has 0 amide bonds. The van der Waals surface area contributed by atoms with E-state index in [9.17, 15) is 0 Å². The van der Waals surface area contributed by atoms with Crippen molar-refractivity contribution in [1.82, 2.24) is 14.9 Å². The van der Waals surface area contributed by atoms with Crippen molar-refractivity contribution in [2.75, 3.05) is 6.54 Å². The first-order chi connectivity index (χ1) is 9.78. The largest absolute Gasteiger partial charge is 0.327 e.